The van der Waals surface area contributed by atoms with E-state index in [2.05, 4.69) is 15.6 Å². The molecule has 62 heavy (non-hydrogen) atoms. The number of benzene rings is 4. The number of hydrogen-bond acceptors (Lipinski definition) is 11. The Hall–Kier alpha value is -6.74. The van der Waals surface area contributed by atoms with Gasteiger partial charge in [-0.3, -0.25) is 5.32 Å². The van der Waals surface area contributed by atoms with Crippen molar-refractivity contribution in [1.29, 1.82) is 0 Å². The quantitative estimate of drug-likeness (QED) is 0.0505. The molecule has 0 saturated carbocycles. The number of rotatable bonds is 15. The molecule has 1 unspecified atom stereocenters. The molecule has 0 radical (unpaired) electrons. The number of aliphatic imine (C=N–C) groups is 1. The molecule has 15 heteroatoms. The average Bonchev–Trinajstić information content (AvgIpc) is 3.22. The van der Waals surface area contributed by atoms with Crippen LogP contribution in [0.15, 0.2) is 126 Å². The molecule has 4 amide bonds. The van der Waals surface area contributed by atoms with E-state index in [0.29, 0.717) is 16.7 Å². The number of nitrogens with one attached hydrogen (secondary N) is 2. The summed E-state index contributed by atoms with van der Waals surface area (Å²) in [5, 5.41) is 5.06. The van der Waals surface area contributed by atoms with Crippen LogP contribution in [0.4, 0.5) is 19.2 Å². The minimum absolute atomic E-state index is 0.0389. The van der Waals surface area contributed by atoms with E-state index in [0.717, 1.165) is 10.5 Å². The van der Waals surface area contributed by atoms with Crippen LogP contribution in [0.25, 0.3) is 0 Å². The van der Waals surface area contributed by atoms with E-state index in [4.69, 9.17) is 28.4 Å². The van der Waals surface area contributed by atoms with Crippen LogP contribution in [-0.4, -0.2) is 70.6 Å². The van der Waals surface area contributed by atoms with Gasteiger partial charge in [-0.25, -0.2) is 28.9 Å². The molecule has 330 valence electrons. The summed E-state index contributed by atoms with van der Waals surface area (Å²) in [4.78, 5) is 73.6. The van der Waals surface area contributed by atoms with Crippen LogP contribution in [0.2, 0.25) is 0 Å². The number of amides is 4. The highest BCUT2D eigenvalue weighted by atomic mass is 16.6. The third kappa shape index (κ3) is 17.5. The lowest BCUT2D eigenvalue weighted by molar-refractivity contribution is -0.162. The van der Waals surface area contributed by atoms with Crippen molar-refractivity contribution < 1.29 is 52.4 Å². The fraction of sp³-hybridized carbons (Fsp3) is 0.362. The molecule has 0 saturated heterocycles. The number of esters is 1. The van der Waals surface area contributed by atoms with Crippen molar-refractivity contribution in [3.05, 3.63) is 144 Å². The molecule has 15 nitrogen and oxygen atoms in total. The maximum Gasteiger partial charge on any atom is 0.437 e. The summed E-state index contributed by atoms with van der Waals surface area (Å²) in [7, 11) is 0. The van der Waals surface area contributed by atoms with Crippen molar-refractivity contribution in [2.75, 3.05) is 0 Å². The van der Waals surface area contributed by atoms with Gasteiger partial charge >= 0.3 is 30.3 Å². The number of hydrogen-bond donors (Lipinski definition) is 2. The largest absolute Gasteiger partial charge is 0.458 e. The number of guanidine groups is 1. The molecule has 4 aromatic rings. The maximum absolute atomic E-state index is 14.4. The number of alkyl carbamates (subject to hydrolysis) is 2. The Labute approximate surface area is 362 Å². The van der Waals surface area contributed by atoms with Crippen LogP contribution in [0.3, 0.4) is 0 Å². The minimum Gasteiger partial charge on any atom is -0.458 e. The van der Waals surface area contributed by atoms with Crippen LogP contribution < -0.4 is 10.6 Å². The molecule has 3 atom stereocenters. The Morgan fingerprint density at radius 3 is 1.48 bits per heavy atom. The normalized spacial score (nSPS) is 13.0. The van der Waals surface area contributed by atoms with E-state index in [-0.39, 0.29) is 32.8 Å². The fourth-order valence-electron chi connectivity index (χ4n) is 5.72. The predicted octanol–water partition coefficient (Wildman–Crippen LogP) is 8.84. The zero-order valence-electron chi connectivity index (χ0n) is 36.2. The highest BCUT2D eigenvalue weighted by Crippen LogP contribution is 2.21. The molecule has 0 fully saturated rings. The van der Waals surface area contributed by atoms with Crippen LogP contribution in [0.1, 0.15) is 77.1 Å². The molecular formula is C47H56N4O11. The molecule has 0 aliphatic rings. The maximum atomic E-state index is 14.4. The van der Waals surface area contributed by atoms with Gasteiger partial charge in [-0.2, -0.15) is 0 Å². The summed E-state index contributed by atoms with van der Waals surface area (Å²) in [6, 6.07) is 33.0. The van der Waals surface area contributed by atoms with Crippen LogP contribution in [0, 0.1) is 0 Å². The van der Waals surface area contributed by atoms with Gasteiger partial charge in [-0.05, 0) is 77.1 Å². The molecule has 2 N–H and O–H groups in total. The van der Waals surface area contributed by atoms with Gasteiger partial charge in [0.1, 0.15) is 31.0 Å². The van der Waals surface area contributed by atoms with E-state index in [9.17, 15) is 24.0 Å². The molecule has 0 aliphatic heterocycles. The summed E-state index contributed by atoms with van der Waals surface area (Å²) < 4.78 is 34.4. The van der Waals surface area contributed by atoms with Gasteiger partial charge in [-0.1, -0.05) is 121 Å². The first kappa shape index (κ1) is 47.9. The lowest BCUT2D eigenvalue weighted by Gasteiger charge is -2.35. The average molecular weight is 853 g/mol. The van der Waals surface area contributed by atoms with Crippen LogP contribution in [0.5, 0.6) is 0 Å². The molecule has 0 aliphatic carbocycles. The fourth-order valence-corrected chi connectivity index (χ4v) is 5.72. The first-order chi connectivity index (χ1) is 29.5. The Balaban J connectivity index is 1.77. The monoisotopic (exact) mass is 852 g/mol. The second-order valence-corrected chi connectivity index (χ2v) is 16.1. The molecule has 4 rings (SSSR count). The lowest BCUT2D eigenvalue weighted by atomic mass is 10.0. The summed E-state index contributed by atoms with van der Waals surface area (Å²) in [5.74, 6) is -1.46. The van der Waals surface area contributed by atoms with E-state index in [1.165, 1.54) is 0 Å². The highest BCUT2D eigenvalue weighted by Gasteiger charge is 2.40. The van der Waals surface area contributed by atoms with Gasteiger partial charge in [0.25, 0.3) is 0 Å². The van der Waals surface area contributed by atoms with Gasteiger partial charge in [0.15, 0.2) is 6.04 Å². The first-order valence-corrected chi connectivity index (χ1v) is 20.1. The number of ether oxygens (including phenoxy) is 6. The van der Waals surface area contributed by atoms with Gasteiger partial charge in [-0.15, -0.1) is 4.99 Å². The Morgan fingerprint density at radius 2 is 1.02 bits per heavy atom. The molecule has 4 aromatic carbocycles. The third-order valence-corrected chi connectivity index (χ3v) is 8.48. The van der Waals surface area contributed by atoms with E-state index < -0.39 is 65.7 Å². The van der Waals surface area contributed by atoms with Crippen LogP contribution in [-0.2, 0) is 59.6 Å². The molecule has 0 spiro atoms. The van der Waals surface area contributed by atoms with Gasteiger partial charge in [0.2, 0.25) is 5.96 Å². The zero-order valence-corrected chi connectivity index (χ0v) is 36.2. The Kier molecular flexibility index (Phi) is 18.0. The second-order valence-electron chi connectivity index (χ2n) is 16.1. The van der Waals surface area contributed by atoms with Gasteiger partial charge in [0.05, 0.1) is 12.7 Å². The van der Waals surface area contributed by atoms with Crippen molar-refractivity contribution in [3.63, 3.8) is 0 Å². The third-order valence-electron chi connectivity index (χ3n) is 8.48. The Bertz CT molecular complexity index is 2070. The first-order valence-electron chi connectivity index (χ1n) is 20.1. The van der Waals surface area contributed by atoms with Gasteiger partial charge < -0.3 is 33.7 Å². The van der Waals surface area contributed by atoms with E-state index in [1.807, 2.05) is 36.4 Å². The summed E-state index contributed by atoms with van der Waals surface area (Å²) in [5.41, 5.74) is 0.773. The SMILES string of the molecule is CC(C[C@@H](OCc1ccccc1)[C@H](NC(=O)OC(C)(C)C)C(=O)OC(C)(C)C)N(C(=O)OCc1ccccc1)/C(=N/C(=O)OCc1ccccc1)NC(=O)OCc1ccccc1. The minimum atomic E-state index is -1.50. The standard InChI is InChI=1S/C47H56N4O11/c1-33(28-38(57-29-34-20-12-8-13-21-34)39(40(52)61-46(2,3)4)48-44(55)62-47(5,6)7)51(45(56)60-32-37-26-18-11-19-27-37)41(49-42(53)58-30-35-22-14-9-15-23-35)50-43(54)59-31-36-24-16-10-17-25-36/h8-27,33,38-39H,28-32H2,1-7H3,(H,48,55)(H,49,50,53,54)/t33?,38-,39+/m1/s1. The molecule has 0 bridgehead atoms. The van der Waals surface area contributed by atoms with Crippen molar-refractivity contribution in [3.8, 4) is 0 Å². The summed E-state index contributed by atoms with van der Waals surface area (Å²) in [6.45, 7) is 11.0. The van der Waals surface area contributed by atoms with E-state index in [1.54, 1.807) is 133 Å². The smallest absolute Gasteiger partial charge is 0.437 e. The Morgan fingerprint density at radius 1 is 0.581 bits per heavy atom. The number of carbonyl (C=O) groups excluding carboxylic acids is 5. The number of carbonyl (C=O) groups is 5. The van der Waals surface area contributed by atoms with E-state index >= 15 is 0 Å². The molecule has 0 heterocycles. The molecular weight excluding hydrogens is 797 g/mol. The van der Waals surface area contributed by atoms with Crippen molar-refractivity contribution in [1.82, 2.24) is 15.5 Å². The van der Waals surface area contributed by atoms with Crippen molar-refractivity contribution in [2.24, 2.45) is 4.99 Å². The topological polar surface area (TPSA) is 180 Å². The molecule has 0 aromatic heterocycles. The highest BCUT2D eigenvalue weighted by molar-refractivity contribution is 6.05. The zero-order chi connectivity index (χ0) is 45.1. The van der Waals surface area contributed by atoms with Crippen molar-refractivity contribution in [2.45, 2.75) is 111 Å². The predicted molar refractivity (Wildman–Crippen MR) is 230 cm³/mol. The van der Waals surface area contributed by atoms with Crippen molar-refractivity contribution >= 4 is 36.3 Å². The second kappa shape index (κ2) is 23.3. The van der Waals surface area contributed by atoms with Gasteiger partial charge in [0, 0.05) is 6.04 Å². The summed E-state index contributed by atoms with van der Waals surface area (Å²) in [6.07, 6.45) is -5.68. The lowest BCUT2D eigenvalue weighted by Crippen LogP contribution is -2.56. The number of nitrogens with zero attached hydrogens (tertiary/aromatic N) is 2. The summed E-state index contributed by atoms with van der Waals surface area (Å²) >= 11 is 0. The van der Waals surface area contributed by atoms with Crippen LogP contribution >= 0.6 is 0 Å².